The number of aryl methyl sites for hydroxylation is 1. The normalized spacial score (nSPS) is 15.3. The smallest absolute Gasteiger partial charge is 0.130 e. The van der Waals surface area contributed by atoms with Gasteiger partial charge < -0.3 is 10.6 Å². The second-order valence-electron chi connectivity index (χ2n) is 8.45. The summed E-state index contributed by atoms with van der Waals surface area (Å²) in [5.41, 5.74) is 4.31. The van der Waals surface area contributed by atoms with Crippen LogP contribution in [-0.4, -0.2) is 28.0 Å². The van der Waals surface area contributed by atoms with Crippen molar-refractivity contribution < 1.29 is 7.24 Å². The van der Waals surface area contributed by atoms with Crippen LogP contribution in [0.25, 0.3) is 23.4 Å². The van der Waals surface area contributed by atoms with Gasteiger partial charge in [0.25, 0.3) is 0 Å². The lowest BCUT2D eigenvalue weighted by Gasteiger charge is -2.26. The minimum Gasteiger partial charge on any atom is -0.340 e. The van der Waals surface area contributed by atoms with Crippen LogP contribution in [0, 0.1) is 11.7 Å². The van der Waals surface area contributed by atoms with Crippen LogP contribution in [0.5, 0.6) is 0 Å². The molecule has 3 heterocycles. The first-order valence-corrected chi connectivity index (χ1v) is 11.6. The first-order valence-electron chi connectivity index (χ1n) is 11.6. The van der Waals surface area contributed by atoms with Gasteiger partial charge in [-0.3, -0.25) is 4.98 Å². The maximum absolute atomic E-state index is 13.3. The van der Waals surface area contributed by atoms with Crippen molar-refractivity contribution in [2.45, 2.75) is 26.7 Å². The van der Waals surface area contributed by atoms with Crippen LogP contribution < -0.4 is 21.1 Å². The van der Waals surface area contributed by atoms with Crippen LogP contribution in [0.2, 0.25) is 0 Å². The molecule has 0 aliphatic carbocycles. The van der Waals surface area contributed by atoms with Gasteiger partial charge in [-0.15, -0.1) is 0 Å². The molecule has 2 N–H and O–H groups in total. The molecule has 2 aromatic heterocycles. The maximum atomic E-state index is 13.3. The summed E-state index contributed by atoms with van der Waals surface area (Å²) in [6.07, 6.45) is 13.4. The van der Waals surface area contributed by atoms with E-state index in [0.29, 0.717) is 5.82 Å². The molecule has 6 heteroatoms. The van der Waals surface area contributed by atoms with Gasteiger partial charge in [-0.1, -0.05) is 30.9 Å². The fraction of sp³-hybridized carbons (Fsp3) is 0.250. The molecular formula is C28H34FN5. The molecule has 0 saturated carbocycles. The number of hydrogen-bond donors (Lipinski definition) is 2. The second-order valence-corrected chi connectivity index (χ2v) is 8.45. The fourth-order valence-corrected chi connectivity index (χ4v) is 3.84. The van der Waals surface area contributed by atoms with Gasteiger partial charge in [0.1, 0.15) is 11.6 Å². The Kier molecular flexibility index (Phi) is 7.60. The number of aromatic nitrogens is 3. The van der Waals surface area contributed by atoms with E-state index in [9.17, 15) is 4.39 Å². The molecule has 0 spiro atoms. The third-order valence-electron chi connectivity index (χ3n) is 6.00. The highest BCUT2D eigenvalue weighted by Gasteiger charge is 2.16. The highest BCUT2D eigenvalue weighted by Crippen LogP contribution is 2.17. The molecular weight excluding hydrogens is 425 g/mol. The summed E-state index contributed by atoms with van der Waals surface area (Å²) in [4.78, 5) is 13.7. The molecule has 1 fully saturated rings. The molecule has 1 aliphatic rings. The number of nitrogens with zero attached hydrogens (tertiary/aromatic N) is 3. The summed E-state index contributed by atoms with van der Waals surface area (Å²) in [6, 6.07) is 8.37. The number of allylic oxidation sites excluding steroid dienone is 2. The van der Waals surface area contributed by atoms with Crippen molar-refractivity contribution in [1.82, 2.24) is 20.3 Å². The molecule has 0 bridgehead atoms. The van der Waals surface area contributed by atoms with Crippen molar-refractivity contribution in [2.75, 3.05) is 18.4 Å². The number of hydrogen-bond acceptors (Lipinski definition) is 5. The van der Waals surface area contributed by atoms with Crippen LogP contribution in [-0.2, 0) is 6.42 Å². The summed E-state index contributed by atoms with van der Waals surface area (Å²) >= 11 is 0. The fourth-order valence-electron chi connectivity index (χ4n) is 3.84. The summed E-state index contributed by atoms with van der Waals surface area (Å²) in [6.45, 7) is 10.4. The Morgan fingerprint density at radius 2 is 1.97 bits per heavy atom. The van der Waals surface area contributed by atoms with Crippen LogP contribution in [0.3, 0.4) is 0 Å². The van der Waals surface area contributed by atoms with E-state index in [0.717, 1.165) is 70.5 Å². The van der Waals surface area contributed by atoms with E-state index in [1.807, 2.05) is 50.5 Å². The zero-order chi connectivity index (χ0) is 23.9. The highest BCUT2D eigenvalue weighted by atomic mass is 19.1. The molecule has 4 rings (SSSR count). The Morgan fingerprint density at radius 1 is 1.18 bits per heavy atom. The molecule has 1 saturated heterocycles. The van der Waals surface area contributed by atoms with Crippen LogP contribution in [0.15, 0.2) is 61.6 Å². The van der Waals surface area contributed by atoms with Gasteiger partial charge in [-0.05, 0) is 91.5 Å². The lowest BCUT2D eigenvalue weighted by Crippen LogP contribution is -2.42. The lowest BCUT2D eigenvalue weighted by atomic mass is 9.96. The SMILES string of the molecule is C=C(/C=c1/cc(N/C(=C/C)c2ccc(F)cc2)nc/c1=C/C)c1cncc(CCC2CNC2)n1.[HH].[HH]. The zero-order valence-electron chi connectivity index (χ0n) is 19.7. The Bertz CT molecular complexity index is 1320. The van der Waals surface area contributed by atoms with E-state index in [1.54, 1.807) is 18.3 Å². The molecule has 0 radical (unpaired) electrons. The van der Waals surface area contributed by atoms with Crippen LogP contribution >= 0.6 is 0 Å². The minimum atomic E-state index is -0.261. The number of anilines is 1. The molecule has 0 atom stereocenters. The van der Waals surface area contributed by atoms with Crippen LogP contribution in [0.1, 0.15) is 40.1 Å². The minimum absolute atomic E-state index is 0. The van der Waals surface area contributed by atoms with Crippen LogP contribution in [0.4, 0.5) is 10.2 Å². The topological polar surface area (TPSA) is 62.7 Å². The highest BCUT2D eigenvalue weighted by molar-refractivity contribution is 5.85. The molecule has 1 aromatic carbocycles. The Hall–Kier alpha value is -3.64. The predicted molar refractivity (Wildman–Crippen MR) is 142 cm³/mol. The standard InChI is InChI=1S/C28H30FN5.2H2/c1-4-21-16-32-28(34-26(5-2)22-7-9-24(29)10-8-22)13-23(21)12-19(3)27-18-31-17-25(33-27)11-6-20-14-30-15-20;;/h4-5,7-10,12-13,16-18,20,30,34H,3,6,11,14-15H2,1-2H3;2*1H/b21-4-,23-12-,26-5+;;. The van der Waals surface area contributed by atoms with Crippen molar-refractivity contribution >= 4 is 29.2 Å². The van der Waals surface area contributed by atoms with Gasteiger partial charge in [-0.2, -0.15) is 0 Å². The quantitative estimate of drug-likeness (QED) is 0.522. The number of pyridine rings is 1. The molecule has 178 valence electrons. The largest absolute Gasteiger partial charge is 0.340 e. The van der Waals surface area contributed by atoms with E-state index in [-0.39, 0.29) is 8.67 Å². The maximum Gasteiger partial charge on any atom is 0.130 e. The summed E-state index contributed by atoms with van der Waals surface area (Å²) in [7, 11) is 0. The predicted octanol–water partition coefficient (Wildman–Crippen LogP) is 4.42. The van der Waals surface area contributed by atoms with Gasteiger partial charge in [0.15, 0.2) is 0 Å². The summed E-state index contributed by atoms with van der Waals surface area (Å²) in [5.74, 6) is 1.17. The van der Waals surface area contributed by atoms with Crippen molar-refractivity contribution in [3.05, 3.63) is 94.8 Å². The van der Waals surface area contributed by atoms with Gasteiger partial charge >= 0.3 is 0 Å². The summed E-state index contributed by atoms with van der Waals surface area (Å²) < 4.78 is 13.3. The number of halogens is 1. The zero-order valence-corrected chi connectivity index (χ0v) is 19.7. The first-order chi connectivity index (χ1) is 16.6. The second kappa shape index (κ2) is 11.0. The average Bonchev–Trinajstić information content (AvgIpc) is 2.82. The van der Waals surface area contributed by atoms with Crippen molar-refractivity contribution in [1.29, 1.82) is 0 Å². The van der Waals surface area contributed by atoms with Crippen molar-refractivity contribution in [3.8, 4) is 0 Å². The van der Waals surface area contributed by atoms with E-state index < -0.39 is 0 Å². The molecule has 0 unspecified atom stereocenters. The Balaban J connectivity index is 0.00000228. The van der Waals surface area contributed by atoms with Gasteiger partial charge in [-0.25, -0.2) is 14.4 Å². The number of rotatable bonds is 8. The Morgan fingerprint density at radius 3 is 2.65 bits per heavy atom. The third-order valence-corrected chi connectivity index (χ3v) is 6.00. The van der Waals surface area contributed by atoms with E-state index in [2.05, 4.69) is 27.2 Å². The average molecular weight is 460 g/mol. The van der Waals surface area contributed by atoms with E-state index in [1.165, 1.54) is 12.1 Å². The van der Waals surface area contributed by atoms with Crippen molar-refractivity contribution in [3.63, 3.8) is 0 Å². The van der Waals surface area contributed by atoms with Crippen molar-refractivity contribution in [2.24, 2.45) is 5.92 Å². The van der Waals surface area contributed by atoms with E-state index >= 15 is 0 Å². The first kappa shape index (κ1) is 23.5. The molecule has 34 heavy (non-hydrogen) atoms. The molecule has 0 amide bonds. The van der Waals surface area contributed by atoms with Gasteiger partial charge in [0.05, 0.1) is 17.6 Å². The summed E-state index contributed by atoms with van der Waals surface area (Å²) in [5, 5.41) is 8.63. The third kappa shape index (κ3) is 5.83. The molecule has 5 nitrogen and oxygen atoms in total. The number of nitrogens with one attached hydrogen (secondary N) is 2. The van der Waals surface area contributed by atoms with Gasteiger partial charge in [0.2, 0.25) is 0 Å². The lowest BCUT2D eigenvalue weighted by molar-refractivity contribution is 0.327. The Labute approximate surface area is 202 Å². The van der Waals surface area contributed by atoms with Gasteiger partial charge in [0, 0.05) is 20.9 Å². The number of benzene rings is 1. The van der Waals surface area contributed by atoms with E-state index in [4.69, 9.17) is 4.98 Å². The molecule has 3 aromatic rings. The molecule has 1 aliphatic heterocycles. The monoisotopic (exact) mass is 459 g/mol.